The molecule has 0 aliphatic carbocycles. The molecule has 0 atom stereocenters. The van der Waals surface area contributed by atoms with E-state index in [1.54, 1.807) is 61.5 Å². The maximum absolute atomic E-state index is 13.5. The molecule has 6 nitrogen and oxygen atoms in total. The van der Waals surface area contributed by atoms with Crippen molar-refractivity contribution in [2.24, 2.45) is 4.99 Å². The van der Waals surface area contributed by atoms with E-state index in [1.807, 2.05) is 0 Å². The van der Waals surface area contributed by atoms with Gasteiger partial charge < -0.3 is 14.2 Å². The van der Waals surface area contributed by atoms with Gasteiger partial charge in [0.05, 0.1) is 12.2 Å². The molecular weight excluding hydrogens is 413 g/mol. The summed E-state index contributed by atoms with van der Waals surface area (Å²) in [5, 5.41) is 0. The Hall–Kier alpha value is -4.26. The normalized spacial score (nSPS) is 14.1. The number of hydrogen-bond acceptors (Lipinski definition) is 6. The largest absolute Gasteiger partial charge is 0.490 e. The quantitative estimate of drug-likeness (QED) is 0.319. The molecular formula is C25H18FNO5. The molecule has 0 N–H and O–H groups in total. The highest BCUT2D eigenvalue weighted by Crippen LogP contribution is 2.31. The van der Waals surface area contributed by atoms with Crippen LogP contribution in [0, 0.1) is 5.82 Å². The Labute approximate surface area is 183 Å². The van der Waals surface area contributed by atoms with Gasteiger partial charge in [-0.1, -0.05) is 30.3 Å². The zero-order valence-electron chi connectivity index (χ0n) is 17.1. The van der Waals surface area contributed by atoms with Gasteiger partial charge in [0.15, 0.2) is 17.2 Å². The average Bonchev–Trinajstić information content (AvgIpc) is 3.16. The third kappa shape index (κ3) is 4.73. The average molecular weight is 431 g/mol. The molecule has 1 aliphatic heterocycles. The van der Waals surface area contributed by atoms with E-state index in [9.17, 15) is 14.0 Å². The van der Waals surface area contributed by atoms with Gasteiger partial charge in [-0.3, -0.25) is 0 Å². The van der Waals surface area contributed by atoms with Crippen molar-refractivity contribution in [3.63, 3.8) is 0 Å². The number of ether oxygens (including phenoxy) is 3. The first-order valence-corrected chi connectivity index (χ1v) is 9.86. The highest BCUT2D eigenvalue weighted by atomic mass is 19.1. The standard InChI is InChI=1S/C25H18FNO5/c1-2-30-22-14-16(11-12-21(22)31-24(28)17-7-4-3-5-8-17)13-20-25(29)32-23(27-20)18-9-6-10-19(26)15-18/h3-15H,2H2,1H3/b20-13-. The number of rotatable bonds is 6. The van der Waals surface area contributed by atoms with E-state index in [2.05, 4.69) is 4.99 Å². The van der Waals surface area contributed by atoms with Crippen molar-refractivity contribution in [3.05, 3.63) is 101 Å². The molecule has 0 radical (unpaired) electrons. The Bertz CT molecular complexity index is 1230. The summed E-state index contributed by atoms with van der Waals surface area (Å²) in [6.07, 6.45) is 1.51. The SMILES string of the molecule is CCOc1cc(/C=C2\N=C(c3cccc(F)c3)OC2=O)ccc1OC(=O)c1ccccc1. The number of carbonyl (C=O) groups is 2. The van der Waals surface area contributed by atoms with Crippen molar-refractivity contribution in [3.8, 4) is 11.5 Å². The molecule has 0 unspecified atom stereocenters. The summed E-state index contributed by atoms with van der Waals surface area (Å²) in [7, 11) is 0. The van der Waals surface area contributed by atoms with Gasteiger partial charge >= 0.3 is 11.9 Å². The van der Waals surface area contributed by atoms with Crippen molar-refractivity contribution in [1.82, 2.24) is 0 Å². The van der Waals surface area contributed by atoms with Crippen LogP contribution >= 0.6 is 0 Å². The van der Waals surface area contributed by atoms with Crippen LogP contribution in [0.1, 0.15) is 28.4 Å². The highest BCUT2D eigenvalue weighted by Gasteiger charge is 2.24. The van der Waals surface area contributed by atoms with E-state index in [4.69, 9.17) is 14.2 Å². The van der Waals surface area contributed by atoms with Crippen LogP contribution in [0.4, 0.5) is 4.39 Å². The van der Waals surface area contributed by atoms with E-state index in [1.165, 1.54) is 24.3 Å². The molecule has 4 rings (SSSR count). The summed E-state index contributed by atoms with van der Waals surface area (Å²) in [4.78, 5) is 28.8. The summed E-state index contributed by atoms with van der Waals surface area (Å²) >= 11 is 0. The Kier molecular flexibility index (Phi) is 6.07. The fourth-order valence-electron chi connectivity index (χ4n) is 3.01. The number of cyclic esters (lactones) is 1. The summed E-state index contributed by atoms with van der Waals surface area (Å²) in [5.74, 6) is -1.00. The van der Waals surface area contributed by atoms with Crippen LogP contribution in [-0.4, -0.2) is 24.4 Å². The fourth-order valence-corrected chi connectivity index (χ4v) is 3.01. The van der Waals surface area contributed by atoms with Gasteiger partial charge in [-0.2, -0.15) is 0 Å². The van der Waals surface area contributed by atoms with E-state index >= 15 is 0 Å². The minimum Gasteiger partial charge on any atom is -0.490 e. The smallest absolute Gasteiger partial charge is 0.363 e. The molecule has 0 saturated carbocycles. The summed E-state index contributed by atoms with van der Waals surface area (Å²) in [5.41, 5.74) is 1.42. The zero-order chi connectivity index (χ0) is 22.5. The van der Waals surface area contributed by atoms with Crippen LogP contribution in [0.2, 0.25) is 0 Å². The maximum Gasteiger partial charge on any atom is 0.363 e. The minimum atomic E-state index is -0.651. The molecule has 1 aliphatic rings. The molecule has 160 valence electrons. The van der Waals surface area contributed by atoms with Crippen LogP contribution in [0.15, 0.2) is 83.5 Å². The lowest BCUT2D eigenvalue weighted by molar-refractivity contribution is -0.129. The number of aliphatic imine (C=N–C) groups is 1. The number of halogens is 1. The third-order valence-electron chi connectivity index (χ3n) is 4.48. The van der Waals surface area contributed by atoms with Gasteiger partial charge in [0, 0.05) is 5.56 Å². The molecule has 0 bridgehead atoms. The number of carbonyl (C=O) groups excluding carboxylic acids is 2. The molecule has 1 heterocycles. The first kappa shape index (κ1) is 21.0. The lowest BCUT2D eigenvalue weighted by Gasteiger charge is -2.11. The second kappa shape index (κ2) is 9.26. The van der Waals surface area contributed by atoms with Crippen molar-refractivity contribution in [1.29, 1.82) is 0 Å². The monoisotopic (exact) mass is 431 g/mol. The minimum absolute atomic E-state index is 0.0270. The summed E-state index contributed by atoms with van der Waals surface area (Å²) in [6, 6.07) is 19.1. The van der Waals surface area contributed by atoms with Crippen LogP contribution in [-0.2, 0) is 9.53 Å². The maximum atomic E-state index is 13.5. The molecule has 0 amide bonds. The van der Waals surface area contributed by atoms with Crippen molar-refractivity contribution < 1.29 is 28.2 Å². The van der Waals surface area contributed by atoms with Gasteiger partial charge in [0.1, 0.15) is 5.82 Å². The third-order valence-corrected chi connectivity index (χ3v) is 4.48. The van der Waals surface area contributed by atoms with Gasteiger partial charge in [-0.05, 0) is 61.0 Å². The van der Waals surface area contributed by atoms with E-state index in [0.29, 0.717) is 29.0 Å². The molecule has 32 heavy (non-hydrogen) atoms. The number of nitrogens with zero attached hydrogens (tertiary/aromatic N) is 1. The van der Waals surface area contributed by atoms with Crippen LogP contribution < -0.4 is 9.47 Å². The summed E-state index contributed by atoms with van der Waals surface area (Å²) < 4.78 is 29.7. The molecule has 0 fully saturated rings. The summed E-state index contributed by atoms with van der Waals surface area (Å²) in [6.45, 7) is 2.15. The van der Waals surface area contributed by atoms with Crippen LogP contribution in [0.5, 0.6) is 11.5 Å². The molecule has 0 spiro atoms. The molecule has 0 saturated heterocycles. The predicted octanol–water partition coefficient (Wildman–Crippen LogP) is 4.79. The van der Waals surface area contributed by atoms with Crippen LogP contribution in [0.3, 0.4) is 0 Å². The zero-order valence-corrected chi connectivity index (χ0v) is 17.1. The van der Waals surface area contributed by atoms with E-state index < -0.39 is 17.8 Å². The fraction of sp³-hybridized carbons (Fsp3) is 0.0800. The van der Waals surface area contributed by atoms with Gasteiger partial charge in [0.2, 0.25) is 5.90 Å². The van der Waals surface area contributed by atoms with E-state index in [0.717, 1.165) is 0 Å². The second-order valence-corrected chi connectivity index (χ2v) is 6.74. The Morgan fingerprint density at radius 1 is 1.03 bits per heavy atom. The van der Waals surface area contributed by atoms with Gasteiger partial charge in [-0.15, -0.1) is 0 Å². The molecule has 3 aromatic rings. The lowest BCUT2D eigenvalue weighted by atomic mass is 10.1. The van der Waals surface area contributed by atoms with Crippen molar-refractivity contribution in [2.45, 2.75) is 6.92 Å². The van der Waals surface area contributed by atoms with Crippen LogP contribution in [0.25, 0.3) is 6.08 Å². The molecule has 3 aromatic carbocycles. The van der Waals surface area contributed by atoms with E-state index in [-0.39, 0.29) is 17.3 Å². The number of esters is 2. The Balaban J connectivity index is 1.60. The first-order valence-electron chi connectivity index (χ1n) is 9.86. The topological polar surface area (TPSA) is 74.2 Å². The van der Waals surface area contributed by atoms with Crippen molar-refractivity contribution >= 4 is 23.9 Å². The number of benzene rings is 3. The second-order valence-electron chi connectivity index (χ2n) is 6.74. The lowest BCUT2D eigenvalue weighted by Crippen LogP contribution is -2.09. The molecule has 0 aromatic heterocycles. The highest BCUT2D eigenvalue weighted by molar-refractivity contribution is 6.12. The Morgan fingerprint density at radius 2 is 1.84 bits per heavy atom. The molecule has 7 heteroatoms. The Morgan fingerprint density at radius 3 is 2.59 bits per heavy atom. The first-order chi connectivity index (χ1) is 15.5. The van der Waals surface area contributed by atoms with Gasteiger partial charge in [-0.25, -0.2) is 19.0 Å². The van der Waals surface area contributed by atoms with Gasteiger partial charge in [0.25, 0.3) is 0 Å². The predicted molar refractivity (Wildman–Crippen MR) is 116 cm³/mol. The number of hydrogen-bond donors (Lipinski definition) is 0. The van der Waals surface area contributed by atoms with Crippen molar-refractivity contribution in [2.75, 3.05) is 6.61 Å².